The molecule has 1 saturated carbocycles. The van der Waals surface area contributed by atoms with E-state index in [1.54, 1.807) is 4.90 Å². The van der Waals surface area contributed by atoms with E-state index in [-0.39, 0.29) is 32.1 Å². The standard InChI is InChI=1S/C15H24F3N3O2/c16-15(17,18)14-7-13(14,8-19-10-14)9-20-12(23)21-4-1-11(2-5-21)3-6-22/h11,19,22H,1-10H2,(H,20,23)/t13-,14-/m1/s1. The summed E-state index contributed by atoms with van der Waals surface area (Å²) < 4.78 is 39.7. The van der Waals surface area contributed by atoms with Crippen LogP contribution in [-0.2, 0) is 0 Å². The Balaban J connectivity index is 1.49. The van der Waals surface area contributed by atoms with Gasteiger partial charge in [0, 0.05) is 44.7 Å². The van der Waals surface area contributed by atoms with E-state index in [1.807, 2.05) is 0 Å². The van der Waals surface area contributed by atoms with Crippen LogP contribution in [0.25, 0.3) is 0 Å². The minimum absolute atomic E-state index is 0.0427. The van der Waals surface area contributed by atoms with Gasteiger partial charge in [0.2, 0.25) is 0 Å². The maximum Gasteiger partial charge on any atom is 0.396 e. The van der Waals surface area contributed by atoms with E-state index >= 15 is 0 Å². The van der Waals surface area contributed by atoms with Crippen LogP contribution in [0.5, 0.6) is 0 Å². The Morgan fingerprint density at radius 3 is 2.57 bits per heavy atom. The highest BCUT2D eigenvalue weighted by molar-refractivity contribution is 5.74. The molecule has 2 amide bonds. The van der Waals surface area contributed by atoms with Crippen molar-refractivity contribution in [1.82, 2.24) is 15.5 Å². The SMILES string of the molecule is O=C(NC[C@@]12CNC[C@]1(C(F)(F)F)C2)N1CCC(CCO)CC1. The van der Waals surface area contributed by atoms with Gasteiger partial charge < -0.3 is 20.6 Å². The average molecular weight is 335 g/mol. The molecule has 0 bridgehead atoms. The van der Waals surface area contributed by atoms with Gasteiger partial charge in [0.05, 0.1) is 5.41 Å². The zero-order valence-corrected chi connectivity index (χ0v) is 13.1. The molecule has 23 heavy (non-hydrogen) atoms. The van der Waals surface area contributed by atoms with Gasteiger partial charge in [-0.15, -0.1) is 0 Å². The monoisotopic (exact) mass is 335 g/mol. The molecule has 3 rings (SSSR count). The van der Waals surface area contributed by atoms with Crippen molar-refractivity contribution in [2.45, 2.75) is 31.9 Å². The highest BCUT2D eigenvalue weighted by Gasteiger charge is 2.81. The summed E-state index contributed by atoms with van der Waals surface area (Å²) in [5.41, 5.74) is -2.52. The first-order valence-electron chi connectivity index (χ1n) is 8.25. The zero-order valence-electron chi connectivity index (χ0n) is 13.1. The largest absolute Gasteiger partial charge is 0.396 e. The minimum atomic E-state index is -4.22. The molecule has 8 heteroatoms. The van der Waals surface area contributed by atoms with Gasteiger partial charge in [0.1, 0.15) is 0 Å². The van der Waals surface area contributed by atoms with Gasteiger partial charge in [0.25, 0.3) is 0 Å². The van der Waals surface area contributed by atoms with Crippen LogP contribution < -0.4 is 10.6 Å². The number of carbonyl (C=O) groups is 1. The van der Waals surface area contributed by atoms with Gasteiger partial charge in [-0.2, -0.15) is 13.2 Å². The van der Waals surface area contributed by atoms with Crippen LogP contribution in [0.1, 0.15) is 25.7 Å². The molecule has 0 spiro atoms. The molecule has 1 aliphatic carbocycles. The molecule has 2 atom stereocenters. The molecule has 5 nitrogen and oxygen atoms in total. The lowest BCUT2D eigenvalue weighted by atomic mass is 9.94. The summed E-state index contributed by atoms with van der Waals surface area (Å²) in [5, 5.41) is 14.5. The van der Waals surface area contributed by atoms with Crippen LogP contribution in [0.2, 0.25) is 0 Å². The fourth-order valence-corrected chi connectivity index (χ4v) is 4.29. The fourth-order valence-electron chi connectivity index (χ4n) is 4.29. The number of nitrogens with one attached hydrogen (secondary N) is 2. The number of halogens is 3. The lowest BCUT2D eigenvalue weighted by Gasteiger charge is -2.32. The molecule has 3 N–H and O–H groups in total. The number of carbonyl (C=O) groups excluding carboxylic acids is 1. The van der Waals surface area contributed by atoms with Crippen molar-refractivity contribution in [3.05, 3.63) is 0 Å². The van der Waals surface area contributed by atoms with Gasteiger partial charge in [-0.3, -0.25) is 0 Å². The first-order chi connectivity index (χ1) is 10.8. The summed E-state index contributed by atoms with van der Waals surface area (Å²) in [6.07, 6.45) is -1.68. The number of alkyl halides is 3. The Morgan fingerprint density at radius 1 is 1.30 bits per heavy atom. The van der Waals surface area contributed by atoms with Crippen molar-refractivity contribution in [3.8, 4) is 0 Å². The third-order valence-electron chi connectivity index (χ3n) is 5.98. The third kappa shape index (κ3) is 2.80. The molecule has 0 radical (unpaired) electrons. The molecule has 2 aliphatic heterocycles. The molecule has 3 aliphatic rings. The van der Waals surface area contributed by atoms with E-state index in [0.29, 0.717) is 25.6 Å². The van der Waals surface area contributed by atoms with Crippen molar-refractivity contribution in [2.24, 2.45) is 16.7 Å². The van der Waals surface area contributed by atoms with E-state index in [1.165, 1.54) is 0 Å². The Morgan fingerprint density at radius 2 is 2.00 bits per heavy atom. The quantitative estimate of drug-likeness (QED) is 0.726. The first-order valence-corrected chi connectivity index (χ1v) is 8.25. The number of piperidine rings is 2. The Kier molecular flexibility index (Phi) is 4.25. The van der Waals surface area contributed by atoms with E-state index in [2.05, 4.69) is 10.6 Å². The van der Waals surface area contributed by atoms with Crippen LogP contribution in [0, 0.1) is 16.7 Å². The first kappa shape index (κ1) is 16.8. The highest BCUT2D eigenvalue weighted by atomic mass is 19.4. The van der Waals surface area contributed by atoms with Gasteiger partial charge in [-0.1, -0.05) is 0 Å². The van der Waals surface area contributed by atoms with Crippen molar-refractivity contribution < 1.29 is 23.1 Å². The van der Waals surface area contributed by atoms with Crippen LogP contribution in [0.15, 0.2) is 0 Å². The molecule has 0 aromatic rings. The molecule has 2 heterocycles. The van der Waals surface area contributed by atoms with Gasteiger partial charge in [-0.25, -0.2) is 4.79 Å². The highest BCUT2D eigenvalue weighted by Crippen LogP contribution is 2.72. The number of urea groups is 1. The molecule has 0 unspecified atom stereocenters. The summed E-state index contributed by atoms with van der Waals surface area (Å²) in [4.78, 5) is 13.9. The third-order valence-corrected chi connectivity index (χ3v) is 5.98. The lowest BCUT2D eigenvalue weighted by Crippen LogP contribution is -2.47. The molecular weight excluding hydrogens is 311 g/mol. The predicted octanol–water partition coefficient (Wildman–Crippen LogP) is 1.33. The number of aliphatic hydroxyl groups excluding tert-OH is 1. The number of nitrogens with zero attached hydrogens (tertiary/aromatic N) is 1. The van der Waals surface area contributed by atoms with Gasteiger partial charge in [0.15, 0.2) is 0 Å². The van der Waals surface area contributed by atoms with Gasteiger partial charge in [-0.05, 0) is 31.6 Å². The second-order valence-corrected chi connectivity index (χ2v) is 7.24. The fraction of sp³-hybridized carbons (Fsp3) is 0.933. The Bertz CT molecular complexity index is 465. The molecule has 0 aromatic carbocycles. The Labute approximate surface area is 133 Å². The minimum Gasteiger partial charge on any atom is -0.396 e. The number of likely N-dealkylation sites (tertiary alicyclic amines) is 1. The van der Waals surface area contributed by atoms with Crippen LogP contribution in [-0.4, -0.2) is 61.5 Å². The van der Waals surface area contributed by atoms with E-state index in [9.17, 15) is 18.0 Å². The molecule has 3 fully saturated rings. The van der Waals surface area contributed by atoms with Crippen molar-refractivity contribution in [1.29, 1.82) is 0 Å². The summed E-state index contributed by atoms with van der Waals surface area (Å²) in [7, 11) is 0. The average Bonchev–Trinajstić information content (AvgIpc) is 3.03. The maximum absolute atomic E-state index is 13.2. The number of fused-ring (bicyclic) bond motifs is 1. The summed E-state index contributed by atoms with van der Waals surface area (Å²) in [6, 6.07) is -0.267. The maximum atomic E-state index is 13.2. The predicted molar refractivity (Wildman–Crippen MR) is 77.8 cm³/mol. The summed E-state index contributed by atoms with van der Waals surface area (Å²) in [5.74, 6) is 0.433. The normalized spacial score (nSPS) is 34.3. The second kappa shape index (κ2) is 5.81. The number of rotatable bonds is 4. The van der Waals surface area contributed by atoms with Crippen LogP contribution in [0.3, 0.4) is 0 Å². The number of hydrogen-bond acceptors (Lipinski definition) is 3. The van der Waals surface area contributed by atoms with Crippen LogP contribution >= 0.6 is 0 Å². The Hall–Kier alpha value is -1.02. The van der Waals surface area contributed by atoms with Crippen LogP contribution in [0.4, 0.5) is 18.0 Å². The van der Waals surface area contributed by atoms with Crippen molar-refractivity contribution >= 4 is 6.03 Å². The second-order valence-electron chi connectivity index (χ2n) is 7.24. The molecule has 0 aromatic heterocycles. The summed E-state index contributed by atoms with van der Waals surface area (Å²) >= 11 is 0. The molecule has 2 saturated heterocycles. The molecule has 132 valence electrons. The van der Waals surface area contributed by atoms with Gasteiger partial charge >= 0.3 is 12.2 Å². The van der Waals surface area contributed by atoms with E-state index < -0.39 is 17.0 Å². The lowest BCUT2D eigenvalue weighted by molar-refractivity contribution is -0.190. The van der Waals surface area contributed by atoms with Crippen molar-refractivity contribution in [3.63, 3.8) is 0 Å². The van der Waals surface area contributed by atoms with Crippen molar-refractivity contribution in [2.75, 3.05) is 39.3 Å². The smallest absolute Gasteiger partial charge is 0.396 e. The number of amides is 2. The number of aliphatic hydroxyl groups is 1. The topological polar surface area (TPSA) is 64.6 Å². The summed E-state index contributed by atoms with van der Waals surface area (Å²) in [6.45, 7) is 1.71. The molecular formula is C15H24F3N3O2. The number of hydrogen-bond donors (Lipinski definition) is 3. The zero-order chi connectivity index (χ0) is 16.7. The van der Waals surface area contributed by atoms with E-state index in [4.69, 9.17) is 5.11 Å². The van der Waals surface area contributed by atoms with E-state index in [0.717, 1.165) is 19.3 Å².